The molecule has 1 rings (SSSR count). The Balaban J connectivity index is 3.23. The molecule has 0 heterocycles. The normalized spacial score (nSPS) is 14.2. The van der Waals surface area contributed by atoms with Gasteiger partial charge in [-0.1, -0.05) is 30.7 Å². The van der Waals surface area contributed by atoms with Crippen LogP contribution in [0.25, 0.3) is 0 Å². The monoisotopic (exact) mass is 367 g/mol. The zero-order chi connectivity index (χ0) is 19.4. The lowest BCUT2D eigenvalue weighted by atomic mass is 10.2. The maximum atomic E-state index is 13.0. The van der Waals surface area contributed by atoms with E-state index in [0.29, 0.717) is 0 Å². The Bertz CT molecular complexity index is 685. The number of hydrogen-bond acceptors (Lipinski definition) is 4. The van der Waals surface area contributed by atoms with Crippen molar-refractivity contribution in [2.75, 3.05) is 0 Å². The molecule has 0 saturated carbocycles. The molecule has 0 bridgehead atoms. The molecule has 0 fully saturated rings. The largest absolute Gasteiger partial charge is 0.429 e. The number of benzene rings is 1. The van der Waals surface area contributed by atoms with Crippen molar-refractivity contribution in [1.82, 2.24) is 4.90 Å². The third kappa shape index (κ3) is 5.08. The first-order valence-corrected chi connectivity index (χ1v) is 9.99. The zero-order valence-electron chi connectivity index (χ0n) is 15.9. The van der Waals surface area contributed by atoms with E-state index in [9.17, 15) is 13.2 Å². The molecule has 1 aromatic carbocycles. The highest BCUT2D eigenvalue weighted by Crippen LogP contribution is 2.25. The van der Waals surface area contributed by atoms with Crippen molar-refractivity contribution in [3.63, 3.8) is 0 Å². The number of nitrogens with zero attached hydrogens (tertiary/aromatic N) is 1. The van der Waals surface area contributed by atoms with E-state index in [4.69, 9.17) is 4.74 Å². The fraction of sp³-hybridized carbons (Fsp3) is 0.526. The summed E-state index contributed by atoms with van der Waals surface area (Å²) in [6.07, 6.45) is 0.845. The average molecular weight is 368 g/mol. The van der Waals surface area contributed by atoms with Crippen molar-refractivity contribution < 1.29 is 17.9 Å². The van der Waals surface area contributed by atoms with Crippen LogP contribution in [0.15, 0.2) is 41.8 Å². The highest BCUT2D eigenvalue weighted by molar-refractivity contribution is 7.92. The smallest absolute Gasteiger partial charge is 0.411 e. The maximum absolute atomic E-state index is 13.0. The van der Waals surface area contributed by atoms with Crippen molar-refractivity contribution in [2.24, 2.45) is 5.92 Å². The van der Waals surface area contributed by atoms with Crippen LogP contribution < -0.4 is 0 Å². The van der Waals surface area contributed by atoms with Crippen molar-refractivity contribution in [3.8, 4) is 0 Å². The SMILES string of the molecule is C=CC(C)C(OC(=O)N(C(C)C)C(C)C)S(=O)(=O)c1ccc(C)cc1. The van der Waals surface area contributed by atoms with Gasteiger partial charge in [0.25, 0.3) is 0 Å². The Labute approximate surface area is 151 Å². The van der Waals surface area contributed by atoms with Gasteiger partial charge in [0.05, 0.1) is 4.90 Å². The number of carbonyl (C=O) groups excluding carboxylic acids is 1. The van der Waals surface area contributed by atoms with Crippen LogP contribution in [0, 0.1) is 12.8 Å². The molecule has 0 aliphatic heterocycles. The molecule has 2 unspecified atom stereocenters. The van der Waals surface area contributed by atoms with E-state index >= 15 is 0 Å². The fourth-order valence-electron chi connectivity index (χ4n) is 2.60. The second-order valence-electron chi connectivity index (χ2n) is 6.80. The second kappa shape index (κ2) is 8.52. The van der Waals surface area contributed by atoms with E-state index in [-0.39, 0.29) is 17.0 Å². The molecular weight excluding hydrogens is 338 g/mol. The molecule has 0 radical (unpaired) electrons. The lowest BCUT2D eigenvalue weighted by Gasteiger charge is -2.32. The average Bonchev–Trinajstić information content (AvgIpc) is 2.51. The first-order valence-electron chi connectivity index (χ1n) is 8.44. The number of sulfone groups is 1. The van der Waals surface area contributed by atoms with E-state index in [0.717, 1.165) is 5.56 Å². The van der Waals surface area contributed by atoms with Gasteiger partial charge in [0.1, 0.15) is 0 Å². The minimum absolute atomic E-state index is 0.103. The molecular formula is C19H29NO4S. The molecule has 0 aromatic heterocycles. The van der Waals surface area contributed by atoms with Gasteiger partial charge in [-0.05, 0) is 46.8 Å². The van der Waals surface area contributed by atoms with E-state index in [1.54, 1.807) is 19.1 Å². The molecule has 25 heavy (non-hydrogen) atoms. The second-order valence-corrected chi connectivity index (χ2v) is 8.83. The Kier molecular flexibility index (Phi) is 7.23. The summed E-state index contributed by atoms with van der Waals surface area (Å²) in [7, 11) is -3.85. The lowest BCUT2D eigenvalue weighted by Crippen LogP contribution is -2.45. The molecule has 0 spiro atoms. The first-order chi connectivity index (χ1) is 11.5. The standard InChI is InChI=1S/C19H29NO4S/c1-8-16(7)18(24-19(21)20(13(2)3)14(4)5)25(22,23)17-11-9-15(6)10-12-17/h8-14,16,18H,1H2,2-7H3. The van der Waals surface area contributed by atoms with Crippen LogP contribution in [0.4, 0.5) is 4.79 Å². The lowest BCUT2D eigenvalue weighted by molar-refractivity contribution is 0.0597. The number of carbonyl (C=O) groups is 1. The summed E-state index contributed by atoms with van der Waals surface area (Å²) in [6.45, 7) is 14.7. The Morgan fingerprint density at radius 3 is 1.96 bits per heavy atom. The van der Waals surface area contributed by atoms with Crippen molar-refractivity contribution in [3.05, 3.63) is 42.5 Å². The molecule has 0 N–H and O–H groups in total. The summed E-state index contributed by atoms with van der Waals surface area (Å²) in [5, 5.41) is 0. The number of hydrogen-bond donors (Lipinski definition) is 0. The maximum Gasteiger partial charge on any atom is 0.411 e. The van der Waals surface area contributed by atoms with Crippen LogP contribution in [0.2, 0.25) is 0 Å². The molecule has 6 heteroatoms. The van der Waals surface area contributed by atoms with Gasteiger partial charge in [0.15, 0.2) is 0 Å². The van der Waals surface area contributed by atoms with Crippen LogP contribution in [-0.2, 0) is 14.6 Å². The molecule has 0 saturated heterocycles. The predicted molar refractivity (Wildman–Crippen MR) is 100 cm³/mol. The third-order valence-corrected chi connectivity index (χ3v) is 6.06. The fourth-order valence-corrected chi connectivity index (χ4v) is 4.27. The van der Waals surface area contributed by atoms with Gasteiger partial charge in [0.2, 0.25) is 15.3 Å². The summed E-state index contributed by atoms with van der Waals surface area (Å²) in [5.74, 6) is -0.545. The topological polar surface area (TPSA) is 63.7 Å². The molecule has 5 nitrogen and oxygen atoms in total. The summed E-state index contributed by atoms with van der Waals surface area (Å²) in [5.41, 5.74) is -0.365. The molecule has 0 aliphatic rings. The van der Waals surface area contributed by atoms with Crippen LogP contribution >= 0.6 is 0 Å². The van der Waals surface area contributed by atoms with Gasteiger partial charge in [0, 0.05) is 18.0 Å². The van der Waals surface area contributed by atoms with E-state index in [2.05, 4.69) is 6.58 Å². The molecule has 0 aliphatic carbocycles. The van der Waals surface area contributed by atoms with Crippen molar-refractivity contribution in [2.45, 2.75) is 64.0 Å². The van der Waals surface area contributed by atoms with Gasteiger partial charge in [-0.15, -0.1) is 6.58 Å². The quantitative estimate of drug-likeness (QED) is 0.679. The van der Waals surface area contributed by atoms with Gasteiger partial charge >= 0.3 is 6.09 Å². The van der Waals surface area contributed by atoms with Crippen LogP contribution in [0.1, 0.15) is 40.2 Å². The molecule has 2 atom stereocenters. The third-order valence-electron chi connectivity index (χ3n) is 4.00. The predicted octanol–water partition coefficient (Wildman–Crippen LogP) is 4.17. The van der Waals surface area contributed by atoms with Crippen LogP contribution in [-0.4, -0.2) is 36.9 Å². The van der Waals surface area contributed by atoms with Crippen LogP contribution in [0.5, 0.6) is 0 Å². The number of ether oxygens (including phenoxy) is 1. The summed E-state index contributed by atoms with van der Waals surface area (Å²) < 4.78 is 31.5. The highest BCUT2D eigenvalue weighted by atomic mass is 32.2. The van der Waals surface area contributed by atoms with E-state index in [1.807, 2.05) is 34.6 Å². The molecule has 140 valence electrons. The van der Waals surface area contributed by atoms with Crippen LogP contribution in [0.3, 0.4) is 0 Å². The van der Waals surface area contributed by atoms with Gasteiger partial charge in [-0.25, -0.2) is 13.2 Å². The Morgan fingerprint density at radius 2 is 1.56 bits per heavy atom. The van der Waals surface area contributed by atoms with Crippen molar-refractivity contribution in [1.29, 1.82) is 0 Å². The summed E-state index contributed by atoms with van der Waals surface area (Å²) in [4.78, 5) is 14.2. The summed E-state index contributed by atoms with van der Waals surface area (Å²) >= 11 is 0. The van der Waals surface area contributed by atoms with Gasteiger partial charge in [-0.2, -0.15) is 0 Å². The van der Waals surface area contributed by atoms with E-state index < -0.39 is 27.3 Å². The number of aryl methyl sites for hydroxylation is 1. The zero-order valence-corrected chi connectivity index (χ0v) is 16.7. The Hall–Kier alpha value is -1.82. The van der Waals surface area contributed by atoms with Crippen molar-refractivity contribution >= 4 is 15.9 Å². The highest BCUT2D eigenvalue weighted by Gasteiger charge is 2.36. The van der Waals surface area contributed by atoms with Gasteiger partial charge in [-0.3, -0.25) is 0 Å². The Morgan fingerprint density at radius 1 is 1.08 bits per heavy atom. The first kappa shape index (κ1) is 21.2. The minimum Gasteiger partial charge on any atom is -0.429 e. The minimum atomic E-state index is -3.85. The molecule has 1 aromatic rings. The number of rotatable bonds is 7. The van der Waals surface area contributed by atoms with Gasteiger partial charge < -0.3 is 9.64 Å². The number of amides is 1. The van der Waals surface area contributed by atoms with E-state index in [1.165, 1.54) is 23.1 Å². The molecule has 1 amide bonds. The summed E-state index contributed by atoms with van der Waals surface area (Å²) in [6, 6.07) is 6.30.